The maximum Gasteiger partial charge on any atom is 0.271 e. The third kappa shape index (κ3) is 3.24. The maximum absolute atomic E-state index is 11.7. The van der Waals surface area contributed by atoms with E-state index in [2.05, 4.69) is 20.3 Å². The highest BCUT2D eigenvalue weighted by Gasteiger charge is 2.07. The second-order valence-corrected chi connectivity index (χ2v) is 4.66. The first-order valence-electron chi connectivity index (χ1n) is 5.42. The van der Waals surface area contributed by atoms with Crippen LogP contribution in [-0.4, -0.2) is 27.4 Å². The van der Waals surface area contributed by atoms with E-state index in [0.717, 1.165) is 10.7 Å². The lowest BCUT2D eigenvalue weighted by Gasteiger charge is -2.02. The summed E-state index contributed by atoms with van der Waals surface area (Å²) in [5.74, 6) is 0.0422. The first kappa shape index (κ1) is 12.4. The monoisotopic (exact) mass is 263 g/mol. The molecular formula is C11H13N5OS. The van der Waals surface area contributed by atoms with E-state index < -0.39 is 0 Å². The average molecular weight is 263 g/mol. The summed E-state index contributed by atoms with van der Waals surface area (Å²) in [5, 5.41) is 5.76. The zero-order valence-corrected chi connectivity index (χ0v) is 10.7. The summed E-state index contributed by atoms with van der Waals surface area (Å²) in [4.78, 5) is 23.7. The van der Waals surface area contributed by atoms with Crippen molar-refractivity contribution in [1.82, 2.24) is 20.3 Å². The van der Waals surface area contributed by atoms with Crippen molar-refractivity contribution in [2.75, 3.05) is 12.3 Å². The van der Waals surface area contributed by atoms with Gasteiger partial charge in [0.25, 0.3) is 5.91 Å². The average Bonchev–Trinajstić information content (AvgIpc) is 2.76. The highest BCUT2D eigenvalue weighted by Crippen LogP contribution is 2.08. The third-order valence-electron chi connectivity index (χ3n) is 2.20. The van der Waals surface area contributed by atoms with E-state index in [1.165, 1.54) is 12.4 Å². The Bertz CT molecular complexity index is 537. The Labute approximate surface area is 108 Å². The molecular weight excluding hydrogens is 250 g/mol. The van der Waals surface area contributed by atoms with Crippen LogP contribution >= 0.6 is 11.3 Å². The molecule has 0 saturated heterocycles. The largest absolute Gasteiger partial charge is 0.382 e. The standard InChI is InChI=1S/C11H13N5OS/c1-7-6-18-10(16-7)2-3-13-11(17)8-4-15-9(12)5-14-8/h4-6H,2-3H2,1H3,(H2,12,15)(H,13,17). The molecule has 0 unspecified atom stereocenters. The summed E-state index contributed by atoms with van der Waals surface area (Å²) in [6, 6.07) is 0. The van der Waals surface area contributed by atoms with Gasteiger partial charge in [0, 0.05) is 24.0 Å². The molecule has 2 heterocycles. The molecule has 2 rings (SSSR count). The van der Waals surface area contributed by atoms with Crippen molar-refractivity contribution in [2.45, 2.75) is 13.3 Å². The third-order valence-corrected chi connectivity index (χ3v) is 3.22. The number of carbonyl (C=O) groups excluding carboxylic acids is 1. The zero-order chi connectivity index (χ0) is 13.0. The molecule has 18 heavy (non-hydrogen) atoms. The molecule has 2 aromatic heterocycles. The second-order valence-electron chi connectivity index (χ2n) is 3.72. The summed E-state index contributed by atoms with van der Waals surface area (Å²) in [5.41, 5.74) is 6.66. The van der Waals surface area contributed by atoms with Gasteiger partial charge in [-0.1, -0.05) is 0 Å². The van der Waals surface area contributed by atoms with Crippen molar-refractivity contribution in [3.63, 3.8) is 0 Å². The Kier molecular flexibility index (Phi) is 3.83. The number of rotatable bonds is 4. The van der Waals surface area contributed by atoms with Gasteiger partial charge in [-0.05, 0) is 6.92 Å². The topological polar surface area (TPSA) is 93.8 Å². The van der Waals surface area contributed by atoms with Crippen molar-refractivity contribution in [2.24, 2.45) is 0 Å². The van der Waals surface area contributed by atoms with Gasteiger partial charge in [0.05, 0.1) is 17.4 Å². The molecule has 0 aliphatic heterocycles. The van der Waals surface area contributed by atoms with Crippen molar-refractivity contribution in [3.8, 4) is 0 Å². The molecule has 94 valence electrons. The van der Waals surface area contributed by atoms with E-state index in [1.807, 2.05) is 12.3 Å². The van der Waals surface area contributed by atoms with Gasteiger partial charge < -0.3 is 11.1 Å². The molecule has 7 heteroatoms. The fourth-order valence-corrected chi connectivity index (χ4v) is 2.12. The Balaban J connectivity index is 1.83. The van der Waals surface area contributed by atoms with Crippen molar-refractivity contribution in [1.29, 1.82) is 0 Å². The van der Waals surface area contributed by atoms with Gasteiger partial charge in [0.2, 0.25) is 0 Å². The highest BCUT2D eigenvalue weighted by molar-refractivity contribution is 7.09. The lowest BCUT2D eigenvalue weighted by molar-refractivity contribution is 0.0949. The molecule has 0 bridgehead atoms. The Hall–Kier alpha value is -2.02. The van der Waals surface area contributed by atoms with Crippen LogP contribution in [0.2, 0.25) is 0 Å². The number of anilines is 1. The SMILES string of the molecule is Cc1csc(CCNC(=O)c2cnc(N)cn2)n1. The van der Waals surface area contributed by atoms with Crippen molar-refractivity contribution < 1.29 is 4.79 Å². The molecule has 0 aliphatic rings. The van der Waals surface area contributed by atoms with Gasteiger partial charge in [-0.15, -0.1) is 11.3 Å². The van der Waals surface area contributed by atoms with Crippen LogP contribution in [-0.2, 0) is 6.42 Å². The Morgan fingerprint density at radius 1 is 1.44 bits per heavy atom. The van der Waals surface area contributed by atoms with E-state index in [0.29, 0.717) is 18.8 Å². The van der Waals surface area contributed by atoms with Crippen LogP contribution in [0.1, 0.15) is 21.2 Å². The summed E-state index contributed by atoms with van der Waals surface area (Å²) in [7, 11) is 0. The quantitative estimate of drug-likeness (QED) is 0.850. The normalized spacial score (nSPS) is 10.3. The number of nitrogens with zero attached hydrogens (tertiary/aromatic N) is 3. The number of nitrogens with two attached hydrogens (primary N) is 1. The molecule has 0 radical (unpaired) electrons. The van der Waals surface area contributed by atoms with E-state index in [1.54, 1.807) is 11.3 Å². The van der Waals surface area contributed by atoms with Gasteiger partial charge in [-0.3, -0.25) is 4.79 Å². The van der Waals surface area contributed by atoms with Crippen molar-refractivity contribution >= 4 is 23.1 Å². The van der Waals surface area contributed by atoms with E-state index in [9.17, 15) is 4.79 Å². The van der Waals surface area contributed by atoms with Crippen molar-refractivity contribution in [3.05, 3.63) is 34.2 Å². The molecule has 0 aromatic carbocycles. The Morgan fingerprint density at radius 2 is 2.28 bits per heavy atom. The van der Waals surface area contributed by atoms with Crippen LogP contribution in [0.3, 0.4) is 0 Å². The number of hydrogen-bond acceptors (Lipinski definition) is 6. The number of nitrogens with one attached hydrogen (secondary N) is 1. The van der Waals surface area contributed by atoms with Gasteiger partial charge in [0.15, 0.2) is 0 Å². The minimum absolute atomic E-state index is 0.254. The van der Waals surface area contributed by atoms with E-state index in [4.69, 9.17) is 5.73 Å². The van der Waals surface area contributed by atoms with Gasteiger partial charge in [-0.25, -0.2) is 15.0 Å². The second kappa shape index (κ2) is 5.54. The van der Waals surface area contributed by atoms with E-state index in [-0.39, 0.29) is 11.6 Å². The number of thiazole rings is 1. The molecule has 0 saturated carbocycles. The van der Waals surface area contributed by atoms with Crippen LogP contribution in [0.25, 0.3) is 0 Å². The fourth-order valence-electron chi connectivity index (χ4n) is 1.35. The lowest BCUT2D eigenvalue weighted by Crippen LogP contribution is -2.26. The minimum Gasteiger partial charge on any atom is -0.382 e. The molecule has 2 aromatic rings. The Morgan fingerprint density at radius 3 is 2.89 bits per heavy atom. The number of aromatic nitrogens is 3. The summed E-state index contributed by atoms with van der Waals surface area (Å²) in [6.07, 6.45) is 3.43. The van der Waals surface area contributed by atoms with Crippen LogP contribution in [0.15, 0.2) is 17.8 Å². The predicted molar refractivity (Wildman–Crippen MR) is 69.3 cm³/mol. The van der Waals surface area contributed by atoms with Crippen LogP contribution in [0.5, 0.6) is 0 Å². The summed E-state index contributed by atoms with van der Waals surface area (Å²) < 4.78 is 0. The van der Waals surface area contributed by atoms with Gasteiger partial charge in [-0.2, -0.15) is 0 Å². The summed E-state index contributed by atoms with van der Waals surface area (Å²) >= 11 is 1.59. The lowest BCUT2D eigenvalue weighted by atomic mass is 10.4. The molecule has 3 N–H and O–H groups in total. The van der Waals surface area contributed by atoms with E-state index >= 15 is 0 Å². The van der Waals surface area contributed by atoms with Crippen LogP contribution in [0.4, 0.5) is 5.82 Å². The fraction of sp³-hybridized carbons (Fsp3) is 0.273. The maximum atomic E-state index is 11.7. The molecule has 0 aliphatic carbocycles. The van der Waals surface area contributed by atoms with Gasteiger partial charge >= 0.3 is 0 Å². The predicted octanol–water partition coefficient (Wildman–Crippen LogP) is 0.796. The smallest absolute Gasteiger partial charge is 0.271 e. The number of hydrogen-bond donors (Lipinski definition) is 2. The first-order chi connectivity index (χ1) is 8.65. The number of amides is 1. The number of carbonyl (C=O) groups is 1. The molecule has 6 nitrogen and oxygen atoms in total. The summed E-state index contributed by atoms with van der Waals surface area (Å²) in [6.45, 7) is 2.47. The molecule has 0 spiro atoms. The molecule has 0 atom stereocenters. The number of aryl methyl sites for hydroxylation is 1. The highest BCUT2D eigenvalue weighted by atomic mass is 32.1. The van der Waals surface area contributed by atoms with Gasteiger partial charge in [0.1, 0.15) is 11.5 Å². The first-order valence-corrected chi connectivity index (χ1v) is 6.30. The molecule has 1 amide bonds. The minimum atomic E-state index is -0.254. The van der Waals surface area contributed by atoms with Crippen LogP contribution in [0, 0.1) is 6.92 Å². The molecule has 0 fully saturated rings. The zero-order valence-electron chi connectivity index (χ0n) is 9.88. The van der Waals surface area contributed by atoms with Crippen LogP contribution < -0.4 is 11.1 Å². The number of nitrogen functional groups attached to an aromatic ring is 1.